The normalized spacial score (nSPS) is 12.5. The van der Waals surface area contributed by atoms with Crippen molar-refractivity contribution in [2.75, 3.05) is 6.61 Å². The summed E-state index contributed by atoms with van der Waals surface area (Å²) >= 11 is 6.26. The van der Waals surface area contributed by atoms with Crippen molar-refractivity contribution >= 4 is 30.6 Å². The number of pyridine rings is 1. The summed E-state index contributed by atoms with van der Waals surface area (Å²) in [5, 5.41) is 4.72. The fourth-order valence-electron chi connectivity index (χ4n) is 2.44. The van der Waals surface area contributed by atoms with Crippen LogP contribution in [-0.2, 0) is 18.0 Å². The van der Waals surface area contributed by atoms with Crippen LogP contribution >= 0.6 is 11.6 Å². The van der Waals surface area contributed by atoms with Crippen molar-refractivity contribution in [2.45, 2.75) is 58.9 Å². The molecule has 0 spiro atoms. The van der Waals surface area contributed by atoms with E-state index in [2.05, 4.69) is 43.8 Å². The molecule has 2 heterocycles. The lowest BCUT2D eigenvalue weighted by molar-refractivity contribution is 0.0880. The molecule has 0 saturated heterocycles. The van der Waals surface area contributed by atoms with E-state index in [4.69, 9.17) is 16.3 Å². The van der Waals surface area contributed by atoms with E-state index in [0.717, 1.165) is 17.1 Å². The first-order valence-electron chi connectivity index (χ1n) is 8.39. The molecular formula is C17H28ClN3O2Si. The second kappa shape index (κ2) is 7.87. The number of halogens is 1. The number of nitrogens with one attached hydrogen (secondary N) is 2. The fraction of sp³-hybridized carbons (Fsp3) is 0.588. The molecule has 2 rings (SSSR count). The predicted molar refractivity (Wildman–Crippen MR) is 104 cm³/mol. The van der Waals surface area contributed by atoms with E-state index in [0.29, 0.717) is 36.5 Å². The first kappa shape index (κ1) is 19.2. The van der Waals surface area contributed by atoms with E-state index >= 15 is 0 Å². The van der Waals surface area contributed by atoms with E-state index in [1.165, 1.54) is 0 Å². The SMILES string of the molecule is CC(C)NCc1cc2c(Cl)c[nH]c(=O)c2n1COCC[Si](C)(C)C. The Bertz CT molecular complexity index is 747. The maximum Gasteiger partial charge on any atom is 0.272 e. The van der Waals surface area contributed by atoms with Gasteiger partial charge in [-0.3, -0.25) is 4.79 Å². The quantitative estimate of drug-likeness (QED) is 0.549. The van der Waals surface area contributed by atoms with Gasteiger partial charge in [0.25, 0.3) is 5.56 Å². The molecule has 24 heavy (non-hydrogen) atoms. The smallest absolute Gasteiger partial charge is 0.272 e. The highest BCUT2D eigenvalue weighted by Gasteiger charge is 2.16. The van der Waals surface area contributed by atoms with Crippen molar-refractivity contribution in [3.05, 3.63) is 33.3 Å². The summed E-state index contributed by atoms with van der Waals surface area (Å²) in [4.78, 5) is 15.0. The molecule has 2 N–H and O–H groups in total. The summed E-state index contributed by atoms with van der Waals surface area (Å²) in [5.41, 5.74) is 1.44. The van der Waals surface area contributed by atoms with Crippen LogP contribution in [0.1, 0.15) is 19.5 Å². The molecule has 0 fully saturated rings. The maximum atomic E-state index is 12.3. The van der Waals surface area contributed by atoms with Gasteiger partial charge in [-0.25, -0.2) is 0 Å². The number of fused-ring (bicyclic) bond motifs is 1. The Labute approximate surface area is 149 Å². The van der Waals surface area contributed by atoms with Crippen LogP contribution in [-0.4, -0.2) is 30.3 Å². The van der Waals surface area contributed by atoms with Crippen LogP contribution in [0.2, 0.25) is 30.7 Å². The van der Waals surface area contributed by atoms with Gasteiger partial charge in [-0.1, -0.05) is 45.1 Å². The molecule has 134 valence electrons. The summed E-state index contributed by atoms with van der Waals surface area (Å²) in [6.07, 6.45) is 1.54. The van der Waals surface area contributed by atoms with Crippen LogP contribution in [0.4, 0.5) is 0 Å². The van der Waals surface area contributed by atoms with Crippen LogP contribution in [0.15, 0.2) is 17.1 Å². The van der Waals surface area contributed by atoms with Gasteiger partial charge in [0.1, 0.15) is 12.2 Å². The van der Waals surface area contributed by atoms with Gasteiger partial charge in [0, 0.05) is 44.5 Å². The zero-order valence-electron chi connectivity index (χ0n) is 15.2. The molecule has 0 unspecified atom stereocenters. The van der Waals surface area contributed by atoms with Gasteiger partial charge >= 0.3 is 0 Å². The topological polar surface area (TPSA) is 59.0 Å². The van der Waals surface area contributed by atoms with Gasteiger partial charge < -0.3 is 19.6 Å². The van der Waals surface area contributed by atoms with Crippen LogP contribution < -0.4 is 10.9 Å². The third-order valence-corrected chi connectivity index (χ3v) is 5.91. The Morgan fingerprint density at radius 2 is 2.08 bits per heavy atom. The minimum Gasteiger partial charge on any atom is -0.361 e. The Morgan fingerprint density at radius 1 is 1.38 bits per heavy atom. The summed E-state index contributed by atoms with van der Waals surface area (Å²) in [7, 11) is -1.13. The second-order valence-electron chi connectivity index (χ2n) is 7.68. The number of rotatable bonds is 8. The average molecular weight is 370 g/mol. The molecule has 0 atom stereocenters. The average Bonchev–Trinajstić information content (AvgIpc) is 2.84. The Morgan fingerprint density at radius 3 is 2.71 bits per heavy atom. The third kappa shape index (κ3) is 4.96. The highest BCUT2D eigenvalue weighted by molar-refractivity contribution is 6.76. The summed E-state index contributed by atoms with van der Waals surface area (Å²) in [6, 6.07) is 3.44. The number of hydrogen-bond donors (Lipinski definition) is 2. The van der Waals surface area contributed by atoms with Crippen molar-refractivity contribution in [2.24, 2.45) is 0 Å². The van der Waals surface area contributed by atoms with Gasteiger partial charge in [-0.05, 0) is 12.1 Å². The van der Waals surface area contributed by atoms with Gasteiger partial charge in [-0.2, -0.15) is 0 Å². The molecule has 0 saturated carbocycles. The van der Waals surface area contributed by atoms with E-state index in [1.54, 1.807) is 6.20 Å². The highest BCUT2D eigenvalue weighted by atomic mass is 35.5. The van der Waals surface area contributed by atoms with E-state index in [-0.39, 0.29) is 5.56 Å². The Kier molecular flexibility index (Phi) is 6.31. The molecule has 2 aromatic rings. The maximum absolute atomic E-state index is 12.3. The molecule has 5 nitrogen and oxygen atoms in total. The van der Waals surface area contributed by atoms with Crippen molar-refractivity contribution in [1.29, 1.82) is 0 Å². The van der Waals surface area contributed by atoms with Crippen molar-refractivity contribution < 1.29 is 4.74 Å². The standard InChI is InChI=1S/C17H28ClN3O2Si/c1-12(2)19-9-13-8-14-15(18)10-20-17(22)16(14)21(13)11-23-6-7-24(3,4)5/h8,10,12,19H,6-7,9,11H2,1-5H3,(H,20,22). The molecule has 0 aliphatic carbocycles. The highest BCUT2D eigenvalue weighted by Crippen LogP contribution is 2.24. The lowest BCUT2D eigenvalue weighted by atomic mass is 10.3. The van der Waals surface area contributed by atoms with Crippen molar-refractivity contribution in [1.82, 2.24) is 14.9 Å². The van der Waals surface area contributed by atoms with Gasteiger partial charge in [0.05, 0.1) is 5.02 Å². The Hall–Kier alpha value is -1.08. The monoisotopic (exact) mass is 369 g/mol. The number of H-pyrrole nitrogens is 1. The molecule has 0 aromatic carbocycles. The molecule has 2 aromatic heterocycles. The summed E-state index contributed by atoms with van der Waals surface area (Å²) in [5.74, 6) is 0. The molecule has 0 radical (unpaired) electrons. The van der Waals surface area contributed by atoms with Crippen LogP contribution in [0, 0.1) is 0 Å². The first-order valence-corrected chi connectivity index (χ1v) is 12.5. The van der Waals surface area contributed by atoms with E-state index < -0.39 is 8.07 Å². The molecule has 7 heteroatoms. The largest absolute Gasteiger partial charge is 0.361 e. The Balaban J connectivity index is 2.28. The third-order valence-electron chi connectivity index (χ3n) is 3.89. The summed E-state index contributed by atoms with van der Waals surface area (Å²) in [6.45, 7) is 12.9. The number of aromatic amines is 1. The van der Waals surface area contributed by atoms with Gasteiger partial charge in [0.2, 0.25) is 0 Å². The lowest BCUT2D eigenvalue weighted by Crippen LogP contribution is -2.25. The van der Waals surface area contributed by atoms with Gasteiger partial charge in [-0.15, -0.1) is 0 Å². The second-order valence-corrected chi connectivity index (χ2v) is 13.7. The zero-order valence-corrected chi connectivity index (χ0v) is 17.0. The number of ether oxygens (including phenoxy) is 1. The molecule has 0 bridgehead atoms. The summed E-state index contributed by atoms with van der Waals surface area (Å²) < 4.78 is 7.81. The fourth-order valence-corrected chi connectivity index (χ4v) is 3.40. The molecule has 0 amide bonds. The van der Waals surface area contributed by atoms with Crippen LogP contribution in [0.3, 0.4) is 0 Å². The lowest BCUT2D eigenvalue weighted by Gasteiger charge is -2.17. The number of aromatic nitrogens is 2. The minimum atomic E-state index is -1.13. The molecule has 0 aliphatic rings. The van der Waals surface area contributed by atoms with E-state index in [1.807, 2.05) is 10.6 Å². The van der Waals surface area contributed by atoms with Crippen molar-refractivity contribution in [3.8, 4) is 0 Å². The first-order chi connectivity index (χ1) is 11.2. The minimum absolute atomic E-state index is 0.140. The van der Waals surface area contributed by atoms with Gasteiger partial charge in [0.15, 0.2) is 0 Å². The number of nitrogens with zero attached hydrogens (tertiary/aromatic N) is 1. The predicted octanol–water partition coefficient (Wildman–Crippen LogP) is 3.79. The van der Waals surface area contributed by atoms with Crippen LogP contribution in [0.5, 0.6) is 0 Å². The number of hydrogen-bond acceptors (Lipinski definition) is 3. The molecular weight excluding hydrogens is 342 g/mol. The van der Waals surface area contributed by atoms with E-state index in [9.17, 15) is 4.79 Å². The van der Waals surface area contributed by atoms with Crippen molar-refractivity contribution in [3.63, 3.8) is 0 Å². The zero-order chi connectivity index (χ0) is 17.9. The van der Waals surface area contributed by atoms with Crippen LogP contribution in [0.25, 0.3) is 10.9 Å². The molecule has 0 aliphatic heterocycles.